The molecule has 2 heteroatoms. The molecule has 162 valence electrons. The fourth-order valence-corrected chi connectivity index (χ4v) is 4.73. The Morgan fingerprint density at radius 1 is 0.871 bits per heavy atom. The fraction of sp³-hybridized carbons (Fsp3) is 0.414. The van der Waals surface area contributed by atoms with E-state index in [9.17, 15) is 0 Å². The average molecular weight is 413 g/mol. The lowest BCUT2D eigenvalue weighted by Crippen LogP contribution is -2.34. The van der Waals surface area contributed by atoms with Crippen molar-refractivity contribution in [1.29, 1.82) is 0 Å². The second-order valence-electron chi connectivity index (χ2n) is 10.6. The second kappa shape index (κ2) is 8.15. The van der Waals surface area contributed by atoms with E-state index in [0.717, 1.165) is 13.0 Å². The third-order valence-electron chi connectivity index (χ3n) is 7.02. The molecule has 0 N–H and O–H groups in total. The SMILES string of the molecule is Cc1ccc(/C=C/c2cc3c(cc2CCn2cc(C)cn2)C(C)(C)CCC3(C)C)cc1. The standard InChI is InChI=1S/C29H36N2/c1-21-7-9-23(10-8-21)11-12-24-17-26-27(29(5,6)15-14-28(26,3)4)18-25(24)13-16-31-20-22(2)19-30-31/h7-12,17-20H,13-16H2,1-6H3/b12-11+. The summed E-state index contributed by atoms with van der Waals surface area (Å²) < 4.78 is 2.07. The molecule has 1 heterocycles. The number of rotatable bonds is 5. The molecule has 4 rings (SSSR count). The molecule has 0 amide bonds. The van der Waals surface area contributed by atoms with E-state index in [1.807, 2.05) is 6.20 Å². The predicted molar refractivity (Wildman–Crippen MR) is 133 cm³/mol. The molecule has 0 bridgehead atoms. The highest BCUT2D eigenvalue weighted by Crippen LogP contribution is 2.46. The second-order valence-corrected chi connectivity index (χ2v) is 10.6. The van der Waals surface area contributed by atoms with Crippen LogP contribution in [-0.4, -0.2) is 9.78 Å². The van der Waals surface area contributed by atoms with Crippen LogP contribution in [0.15, 0.2) is 48.8 Å². The fourth-order valence-electron chi connectivity index (χ4n) is 4.73. The third-order valence-corrected chi connectivity index (χ3v) is 7.02. The molecule has 3 aromatic rings. The van der Waals surface area contributed by atoms with E-state index >= 15 is 0 Å². The Bertz CT molecular complexity index is 1090. The molecule has 2 aromatic carbocycles. The molecule has 0 radical (unpaired) electrons. The van der Waals surface area contributed by atoms with Crippen LogP contribution in [0.1, 0.15) is 79.5 Å². The summed E-state index contributed by atoms with van der Waals surface area (Å²) in [6.07, 6.45) is 12.1. The number of aryl methyl sites for hydroxylation is 4. The number of hydrogen-bond acceptors (Lipinski definition) is 1. The zero-order valence-electron chi connectivity index (χ0n) is 20.0. The molecule has 0 unspecified atom stereocenters. The van der Waals surface area contributed by atoms with E-state index in [2.05, 4.69) is 106 Å². The van der Waals surface area contributed by atoms with Gasteiger partial charge in [0.05, 0.1) is 6.20 Å². The summed E-state index contributed by atoms with van der Waals surface area (Å²) in [6, 6.07) is 13.7. The summed E-state index contributed by atoms with van der Waals surface area (Å²) in [4.78, 5) is 0. The van der Waals surface area contributed by atoms with Crippen molar-refractivity contribution in [3.05, 3.63) is 87.7 Å². The molecule has 0 saturated heterocycles. The van der Waals surface area contributed by atoms with E-state index in [1.165, 1.54) is 51.8 Å². The Morgan fingerprint density at radius 2 is 1.52 bits per heavy atom. The Kier molecular flexibility index (Phi) is 5.68. The summed E-state index contributed by atoms with van der Waals surface area (Å²) >= 11 is 0. The molecule has 0 saturated carbocycles. The van der Waals surface area contributed by atoms with Crippen molar-refractivity contribution in [2.75, 3.05) is 0 Å². The summed E-state index contributed by atoms with van der Waals surface area (Å²) in [5.41, 5.74) is 10.0. The van der Waals surface area contributed by atoms with Gasteiger partial charge in [0.1, 0.15) is 0 Å². The Hall–Kier alpha value is -2.61. The van der Waals surface area contributed by atoms with Crippen LogP contribution in [-0.2, 0) is 23.8 Å². The largest absolute Gasteiger partial charge is 0.272 e. The van der Waals surface area contributed by atoms with Crippen LogP contribution >= 0.6 is 0 Å². The molecule has 0 fully saturated rings. The summed E-state index contributed by atoms with van der Waals surface area (Å²) in [7, 11) is 0. The van der Waals surface area contributed by atoms with Crippen LogP contribution in [0.5, 0.6) is 0 Å². The predicted octanol–water partition coefficient (Wildman–Crippen LogP) is 7.26. The molecule has 2 nitrogen and oxygen atoms in total. The van der Waals surface area contributed by atoms with Gasteiger partial charge in [-0.2, -0.15) is 5.10 Å². The zero-order valence-corrected chi connectivity index (χ0v) is 20.0. The number of hydrogen-bond donors (Lipinski definition) is 0. The number of aromatic nitrogens is 2. The smallest absolute Gasteiger partial charge is 0.0518 e. The van der Waals surface area contributed by atoms with Gasteiger partial charge in [-0.3, -0.25) is 4.68 Å². The van der Waals surface area contributed by atoms with Crippen molar-refractivity contribution in [3.8, 4) is 0 Å². The number of fused-ring (bicyclic) bond motifs is 1. The van der Waals surface area contributed by atoms with Crippen LogP contribution in [0.25, 0.3) is 12.2 Å². The van der Waals surface area contributed by atoms with Crippen LogP contribution in [0.3, 0.4) is 0 Å². The van der Waals surface area contributed by atoms with Gasteiger partial charge in [0.2, 0.25) is 0 Å². The third kappa shape index (κ3) is 4.69. The Balaban J connectivity index is 1.75. The molecule has 1 aliphatic rings. The van der Waals surface area contributed by atoms with Gasteiger partial charge in [-0.25, -0.2) is 0 Å². The van der Waals surface area contributed by atoms with Gasteiger partial charge in [-0.05, 0) is 77.3 Å². The maximum Gasteiger partial charge on any atom is 0.0518 e. The van der Waals surface area contributed by atoms with Gasteiger partial charge in [0, 0.05) is 12.7 Å². The van der Waals surface area contributed by atoms with Gasteiger partial charge >= 0.3 is 0 Å². The maximum atomic E-state index is 4.50. The lowest BCUT2D eigenvalue weighted by molar-refractivity contribution is 0.331. The molecule has 1 aliphatic carbocycles. The molecule has 0 spiro atoms. The van der Waals surface area contributed by atoms with E-state index in [1.54, 1.807) is 0 Å². The number of nitrogens with zero attached hydrogens (tertiary/aromatic N) is 2. The van der Waals surface area contributed by atoms with Crippen LogP contribution < -0.4 is 0 Å². The van der Waals surface area contributed by atoms with Crippen molar-refractivity contribution in [3.63, 3.8) is 0 Å². The minimum Gasteiger partial charge on any atom is -0.272 e. The summed E-state index contributed by atoms with van der Waals surface area (Å²) in [5.74, 6) is 0. The lowest BCUT2D eigenvalue weighted by Gasteiger charge is -2.42. The first-order valence-corrected chi connectivity index (χ1v) is 11.6. The molecule has 0 atom stereocenters. The van der Waals surface area contributed by atoms with E-state index in [4.69, 9.17) is 0 Å². The van der Waals surface area contributed by atoms with Crippen LogP contribution in [0.2, 0.25) is 0 Å². The monoisotopic (exact) mass is 412 g/mol. The molecular weight excluding hydrogens is 376 g/mol. The van der Waals surface area contributed by atoms with E-state index in [0.29, 0.717) is 0 Å². The highest BCUT2D eigenvalue weighted by molar-refractivity contribution is 5.72. The maximum absolute atomic E-state index is 4.50. The van der Waals surface area contributed by atoms with Crippen molar-refractivity contribution in [1.82, 2.24) is 9.78 Å². The minimum absolute atomic E-state index is 0.217. The first-order valence-electron chi connectivity index (χ1n) is 11.6. The van der Waals surface area contributed by atoms with E-state index in [-0.39, 0.29) is 10.8 Å². The molecule has 31 heavy (non-hydrogen) atoms. The highest BCUT2D eigenvalue weighted by Gasteiger charge is 2.37. The van der Waals surface area contributed by atoms with Crippen molar-refractivity contribution in [2.24, 2.45) is 0 Å². The molecule has 0 aliphatic heterocycles. The Labute approximate surface area is 188 Å². The van der Waals surface area contributed by atoms with Crippen LogP contribution in [0.4, 0.5) is 0 Å². The van der Waals surface area contributed by atoms with Gasteiger partial charge in [-0.15, -0.1) is 0 Å². The average Bonchev–Trinajstić information content (AvgIpc) is 3.14. The van der Waals surface area contributed by atoms with E-state index < -0.39 is 0 Å². The first-order chi connectivity index (χ1) is 14.6. The van der Waals surface area contributed by atoms with Gasteiger partial charge in [0.25, 0.3) is 0 Å². The quantitative estimate of drug-likeness (QED) is 0.403. The van der Waals surface area contributed by atoms with Crippen molar-refractivity contribution in [2.45, 2.75) is 78.2 Å². The van der Waals surface area contributed by atoms with Crippen molar-refractivity contribution >= 4 is 12.2 Å². The topological polar surface area (TPSA) is 17.8 Å². The number of benzene rings is 2. The van der Waals surface area contributed by atoms with Gasteiger partial charge in [-0.1, -0.05) is 81.8 Å². The van der Waals surface area contributed by atoms with Crippen LogP contribution in [0, 0.1) is 13.8 Å². The molecular formula is C29H36N2. The van der Waals surface area contributed by atoms with Gasteiger partial charge < -0.3 is 0 Å². The Morgan fingerprint density at radius 3 is 2.13 bits per heavy atom. The van der Waals surface area contributed by atoms with Crippen molar-refractivity contribution < 1.29 is 0 Å². The lowest BCUT2D eigenvalue weighted by atomic mass is 9.62. The summed E-state index contributed by atoms with van der Waals surface area (Å²) in [6.45, 7) is 14.8. The van der Waals surface area contributed by atoms with Gasteiger partial charge in [0.15, 0.2) is 0 Å². The minimum atomic E-state index is 0.217. The zero-order chi connectivity index (χ0) is 22.2. The molecule has 1 aromatic heterocycles. The first kappa shape index (κ1) is 21.6. The normalized spacial score (nSPS) is 17.1. The summed E-state index contributed by atoms with van der Waals surface area (Å²) in [5, 5.41) is 4.50. The highest BCUT2D eigenvalue weighted by atomic mass is 15.3.